The van der Waals surface area contributed by atoms with Gasteiger partial charge in [0, 0.05) is 20.9 Å². The lowest BCUT2D eigenvalue weighted by Crippen LogP contribution is -1.92. The molecule has 2 aromatic carbocycles. The minimum Gasteiger partial charge on any atom is -0.244 e. The summed E-state index contributed by atoms with van der Waals surface area (Å²) in [6, 6.07) is 20.9. The van der Waals surface area contributed by atoms with E-state index in [2.05, 4.69) is 47.2 Å². The highest BCUT2D eigenvalue weighted by atomic mass is 32.1. The Morgan fingerprint density at radius 1 is 0.577 bits per heavy atom. The maximum Gasteiger partial charge on any atom is 0.0987 e. The van der Waals surface area contributed by atoms with Crippen molar-refractivity contribution in [2.24, 2.45) is 0 Å². The molecule has 0 N–H and O–H groups in total. The minimum absolute atomic E-state index is 0.936. The van der Waals surface area contributed by atoms with Crippen molar-refractivity contribution in [3.63, 3.8) is 0 Å². The molecule has 0 unspecified atom stereocenters. The van der Waals surface area contributed by atoms with Gasteiger partial charge in [0.2, 0.25) is 0 Å². The summed E-state index contributed by atoms with van der Waals surface area (Å²) in [6.07, 6.45) is 0. The number of nitrogens with zero attached hydrogens (tertiary/aromatic N) is 2. The van der Waals surface area contributed by atoms with Crippen molar-refractivity contribution in [3.05, 3.63) is 71.4 Å². The average molecular weight is 375 g/mol. The summed E-state index contributed by atoms with van der Waals surface area (Å²) in [4.78, 5) is 12.4. The van der Waals surface area contributed by atoms with Gasteiger partial charge in [0.15, 0.2) is 0 Å². The molecule has 0 fully saturated rings. The fourth-order valence-corrected chi connectivity index (χ4v) is 4.47. The van der Waals surface area contributed by atoms with E-state index in [4.69, 9.17) is 9.97 Å². The summed E-state index contributed by atoms with van der Waals surface area (Å²) in [5.74, 6) is 0. The molecule has 0 spiro atoms. The Bertz CT molecular complexity index is 1050. The fraction of sp³-hybridized carbons (Fsp3) is 0.0909. The Kier molecular flexibility index (Phi) is 4.78. The van der Waals surface area contributed by atoms with Crippen molar-refractivity contribution in [2.75, 3.05) is 0 Å². The van der Waals surface area contributed by atoms with Gasteiger partial charge in [0.05, 0.1) is 22.1 Å². The first-order valence-electron chi connectivity index (χ1n) is 8.67. The van der Waals surface area contributed by atoms with Crippen LogP contribution in [-0.2, 0) is 0 Å². The van der Waals surface area contributed by atoms with Crippen molar-refractivity contribution in [3.8, 4) is 20.9 Å². The van der Waals surface area contributed by atoms with Gasteiger partial charge in [-0.3, -0.25) is 0 Å². The summed E-state index contributed by atoms with van der Waals surface area (Å²) in [5.41, 5.74) is 6.12. The van der Waals surface area contributed by atoms with Gasteiger partial charge in [0.1, 0.15) is 0 Å². The number of fused-ring (bicyclic) bond motifs is 2. The van der Waals surface area contributed by atoms with E-state index >= 15 is 0 Å². The Balaban J connectivity index is 0.000000814. The average Bonchev–Trinajstić information content (AvgIpc) is 3.41. The van der Waals surface area contributed by atoms with Crippen LogP contribution in [0.25, 0.3) is 42.9 Å². The topological polar surface area (TPSA) is 25.8 Å². The lowest BCUT2D eigenvalue weighted by Gasteiger charge is -2.09. The molecule has 0 amide bonds. The molecule has 3 aromatic heterocycles. The van der Waals surface area contributed by atoms with Crippen molar-refractivity contribution < 1.29 is 0 Å². The van der Waals surface area contributed by atoms with E-state index < -0.39 is 0 Å². The minimum atomic E-state index is 0.936. The highest BCUT2D eigenvalue weighted by molar-refractivity contribution is 7.14. The Labute approximate surface area is 160 Å². The number of hydrogen-bond acceptors (Lipinski definition) is 4. The predicted octanol–water partition coefficient (Wildman–Crippen LogP) is 7.27. The van der Waals surface area contributed by atoms with Gasteiger partial charge in [-0.1, -0.05) is 50.2 Å². The van der Waals surface area contributed by atoms with Crippen LogP contribution in [0.15, 0.2) is 71.4 Å². The molecule has 26 heavy (non-hydrogen) atoms. The molecular weight excluding hydrogens is 356 g/mol. The van der Waals surface area contributed by atoms with Crippen LogP contribution in [0.2, 0.25) is 0 Å². The third-order valence-corrected chi connectivity index (χ3v) is 5.88. The van der Waals surface area contributed by atoms with Crippen molar-refractivity contribution in [1.29, 1.82) is 0 Å². The van der Waals surface area contributed by atoms with E-state index in [1.165, 1.54) is 9.75 Å². The van der Waals surface area contributed by atoms with Crippen LogP contribution in [0, 0.1) is 0 Å². The molecule has 128 valence electrons. The molecule has 0 aliphatic rings. The summed E-state index contributed by atoms with van der Waals surface area (Å²) < 4.78 is 0. The number of aromatic nitrogens is 2. The van der Waals surface area contributed by atoms with Crippen LogP contribution in [0.3, 0.4) is 0 Å². The SMILES string of the molecule is CC.c1csc(-c2ccc(-c3cccs3)c3nc4ccccc4nc23)c1. The van der Waals surface area contributed by atoms with E-state index in [9.17, 15) is 0 Å². The van der Waals surface area contributed by atoms with Gasteiger partial charge in [-0.2, -0.15) is 0 Å². The number of thiophene rings is 2. The highest BCUT2D eigenvalue weighted by Gasteiger charge is 2.14. The molecule has 0 saturated heterocycles. The quantitative estimate of drug-likeness (QED) is 0.304. The molecule has 0 radical (unpaired) electrons. The monoisotopic (exact) mass is 374 g/mol. The first-order chi connectivity index (χ1) is 12.9. The second kappa shape index (κ2) is 7.36. The second-order valence-corrected chi connectivity index (χ2v) is 7.42. The molecule has 0 aliphatic carbocycles. The number of benzene rings is 2. The van der Waals surface area contributed by atoms with Crippen LogP contribution in [-0.4, -0.2) is 9.97 Å². The summed E-state index contributed by atoms with van der Waals surface area (Å²) in [5, 5.41) is 4.20. The molecule has 0 saturated carbocycles. The smallest absolute Gasteiger partial charge is 0.0987 e. The molecule has 5 aromatic rings. The molecule has 4 heteroatoms. The molecule has 5 rings (SSSR count). The number of para-hydroxylation sites is 2. The summed E-state index contributed by atoms with van der Waals surface area (Å²) >= 11 is 3.47. The van der Waals surface area contributed by atoms with Crippen molar-refractivity contribution in [1.82, 2.24) is 9.97 Å². The normalized spacial score (nSPS) is 10.7. The molecule has 0 atom stereocenters. The molecule has 3 heterocycles. The first-order valence-corrected chi connectivity index (χ1v) is 10.4. The Morgan fingerprint density at radius 2 is 1.04 bits per heavy atom. The second-order valence-electron chi connectivity index (χ2n) is 5.52. The van der Waals surface area contributed by atoms with Gasteiger partial charge in [0.25, 0.3) is 0 Å². The molecular formula is C22H18N2S2. The summed E-state index contributed by atoms with van der Waals surface area (Å²) in [7, 11) is 0. The third-order valence-electron chi connectivity index (χ3n) is 4.07. The molecule has 0 bridgehead atoms. The van der Waals surface area contributed by atoms with Gasteiger partial charge in [-0.05, 0) is 35.0 Å². The first kappa shape index (κ1) is 16.9. The molecule has 2 nitrogen and oxygen atoms in total. The van der Waals surface area contributed by atoms with Crippen molar-refractivity contribution >= 4 is 44.7 Å². The largest absolute Gasteiger partial charge is 0.244 e. The van der Waals surface area contributed by atoms with Crippen LogP contribution >= 0.6 is 22.7 Å². The highest BCUT2D eigenvalue weighted by Crippen LogP contribution is 2.37. The lowest BCUT2D eigenvalue weighted by molar-refractivity contribution is 1.40. The fourth-order valence-electron chi connectivity index (χ4n) is 2.96. The van der Waals surface area contributed by atoms with E-state index in [1.807, 2.05) is 38.1 Å². The van der Waals surface area contributed by atoms with E-state index in [-0.39, 0.29) is 0 Å². The van der Waals surface area contributed by atoms with Crippen LogP contribution < -0.4 is 0 Å². The van der Waals surface area contributed by atoms with Crippen molar-refractivity contribution in [2.45, 2.75) is 13.8 Å². The third kappa shape index (κ3) is 2.91. The maximum absolute atomic E-state index is 4.95. The van der Waals surface area contributed by atoms with Crippen LogP contribution in [0.1, 0.15) is 13.8 Å². The van der Waals surface area contributed by atoms with Gasteiger partial charge >= 0.3 is 0 Å². The van der Waals surface area contributed by atoms with Gasteiger partial charge in [-0.25, -0.2) is 9.97 Å². The zero-order valence-electron chi connectivity index (χ0n) is 14.6. The predicted molar refractivity (Wildman–Crippen MR) is 115 cm³/mol. The van der Waals surface area contributed by atoms with Gasteiger partial charge in [-0.15, -0.1) is 22.7 Å². The Hall–Kier alpha value is -2.56. The zero-order valence-corrected chi connectivity index (χ0v) is 16.3. The molecule has 0 aliphatic heterocycles. The zero-order chi connectivity index (χ0) is 17.9. The van der Waals surface area contributed by atoms with E-state index in [1.54, 1.807) is 22.7 Å². The number of rotatable bonds is 2. The standard InChI is InChI=1S/C20H12N2S2.C2H6/c1-2-6-16-15(5-1)21-19-13(17-7-3-11-23-17)9-10-14(20(19)22-16)18-8-4-12-24-18;1-2/h1-12H;1-2H3. The number of hydrogen-bond donors (Lipinski definition) is 0. The van der Waals surface area contributed by atoms with Gasteiger partial charge < -0.3 is 0 Å². The van der Waals surface area contributed by atoms with Crippen LogP contribution in [0.4, 0.5) is 0 Å². The van der Waals surface area contributed by atoms with E-state index in [0.29, 0.717) is 0 Å². The Morgan fingerprint density at radius 3 is 1.42 bits per heavy atom. The van der Waals surface area contributed by atoms with E-state index in [0.717, 1.165) is 33.2 Å². The maximum atomic E-state index is 4.95. The van der Waals surface area contributed by atoms with Crippen LogP contribution in [0.5, 0.6) is 0 Å². The lowest BCUT2D eigenvalue weighted by atomic mass is 10.0. The summed E-state index contributed by atoms with van der Waals surface area (Å²) in [6.45, 7) is 4.00.